The lowest BCUT2D eigenvalue weighted by Crippen LogP contribution is -2.59. The van der Waals surface area contributed by atoms with Gasteiger partial charge in [-0.25, -0.2) is 0 Å². The number of hydrogen-bond acceptors (Lipinski definition) is 5. The highest BCUT2D eigenvalue weighted by molar-refractivity contribution is 4.97. The van der Waals surface area contributed by atoms with Gasteiger partial charge in [-0.2, -0.15) is 0 Å². The average Bonchev–Trinajstić information content (AvgIpc) is 2.96. The van der Waals surface area contributed by atoms with E-state index in [4.69, 9.17) is 14.2 Å². The molecule has 5 nitrogen and oxygen atoms in total. The number of piperidine rings is 1. The first kappa shape index (κ1) is 15.7. The third-order valence-corrected chi connectivity index (χ3v) is 5.29. The minimum Gasteiger partial charge on any atom is -0.377 e. The first-order chi connectivity index (χ1) is 10.3. The second kappa shape index (κ2) is 6.92. The van der Waals surface area contributed by atoms with Crippen molar-refractivity contribution in [1.82, 2.24) is 10.2 Å². The zero-order valence-electron chi connectivity index (χ0n) is 13.5. The van der Waals surface area contributed by atoms with Crippen LogP contribution in [0.2, 0.25) is 0 Å². The van der Waals surface area contributed by atoms with Crippen molar-refractivity contribution >= 4 is 0 Å². The quantitative estimate of drug-likeness (QED) is 0.849. The third-order valence-electron chi connectivity index (χ3n) is 5.29. The zero-order valence-corrected chi connectivity index (χ0v) is 13.5. The van der Waals surface area contributed by atoms with Crippen LogP contribution in [0.5, 0.6) is 0 Å². The van der Waals surface area contributed by atoms with E-state index in [1.54, 1.807) is 0 Å². The van der Waals surface area contributed by atoms with Crippen molar-refractivity contribution in [3.63, 3.8) is 0 Å². The summed E-state index contributed by atoms with van der Waals surface area (Å²) >= 11 is 0. The fourth-order valence-electron chi connectivity index (χ4n) is 4.25. The summed E-state index contributed by atoms with van der Waals surface area (Å²) in [6.07, 6.45) is 5.93. The summed E-state index contributed by atoms with van der Waals surface area (Å²) in [5, 5.41) is 3.51. The second-order valence-electron chi connectivity index (χ2n) is 6.53. The van der Waals surface area contributed by atoms with Crippen molar-refractivity contribution in [1.29, 1.82) is 0 Å². The van der Waals surface area contributed by atoms with Crippen LogP contribution in [0, 0.1) is 0 Å². The van der Waals surface area contributed by atoms with E-state index in [-0.39, 0.29) is 5.79 Å². The Balaban J connectivity index is 1.67. The van der Waals surface area contributed by atoms with E-state index in [9.17, 15) is 0 Å². The van der Waals surface area contributed by atoms with Gasteiger partial charge in [0.2, 0.25) is 0 Å². The average molecular weight is 298 g/mol. The molecule has 3 aliphatic rings. The predicted octanol–water partition coefficient (Wildman–Crippen LogP) is 1.37. The standard InChI is InChI=1S/C16H30N2O3/c1-3-19-13-5-4-8-18(12-13)15-11-16(20-9-10-21-16)7-6-14(15)17-2/h13-15,17H,3-12H2,1-2H3. The van der Waals surface area contributed by atoms with Crippen molar-refractivity contribution in [2.45, 2.75) is 63.0 Å². The smallest absolute Gasteiger partial charge is 0.170 e. The molecule has 122 valence electrons. The predicted molar refractivity (Wildman–Crippen MR) is 81.3 cm³/mol. The van der Waals surface area contributed by atoms with Gasteiger partial charge < -0.3 is 19.5 Å². The first-order valence-electron chi connectivity index (χ1n) is 8.57. The van der Waals surface area contributed by atoms with Crippen LogP contribution in [0.15, 0.2) is 0 Å². The number of nitrogens with zero attached hydrogens (tertiary/aromatic N) is 1. The molecule has 2 saturated heterocycles. The molecule has 2 aliphatic heterocycles. The molecule has 0 aromatic heterocycles. The highest BCUT2D eigenvalue weighted by Gasteiger charge is 2.47. The Morgan fingerprint density at radius 3 is 2.81 bits per heavy atom. The number of likely N-dealkylation sites (N-methyl/N-ethyl adjacent to an activating group) is 1. The number of ether oxygens (including phenoxy) is 3. The Bertz CT molecular complexity index is 331. The first-order valence-corrected chi connectivity index (χ1v) is 8.57. The SMILES string of the molecule is CCOC1CCCN(C2CC3(CCC2NC)OCCO3)C1. The van der Waals surface area contributed by atoms with Crippen molar-refractivity contribution in [2.75, 3.05) is 40.0 Å². The molecule has 1 saturated carbocycles. The molecule has 1 N–H and O–H groups in total. The van der Waals surface area contributed by atoms with E-state index >= 15 is 0 Å². The maximum Gasteiger partial charge on any atom is 0.170 e. The highest BCUT2D eigenvalue weighted by atomic mass is 16.7. The van der Waals surface area contributed by atoms with Crippen LogP contribution < -0.4 is 5.32 Å². The van der Waals surface area contributed by atoms with E-state index in [0.29, 0.717) is 18.2 Å². The molecular weight excluding hydrogens is 268 g/mol. The topological polar surface area (TPSA) is 43.0 Å². The zero-order chi connectivity index (χ0) is 14.7. The van der Waals surface area contributed by atoms with Gasteiger partial charge in [0.05, 0.1) is 19.3 Å². The van der Waals surface area contributed by atoms with Gasteiger partial charge in [0.25, 0.3) is 0 Å². The van der Waals surface area contributed by atoms with E-state index in [1.807, 2.05) is 0 Å². The van der Waals surface area contributed by atoms with Gasteiger partial charge in [0.15, 0.2) is 5.79 Å². The summed E-state index contributed by atoms with van der Waals surface area (Å²) in [6, 6.07) is 1.02. The molecule has 1 aliphatic carbocycles. The molecule has 3 fully saturated rings. The number of likely N-dealkylation sites (tertiary alicyclic amines) is 1. The van der Waals surface area contributed by atoms with Gasteiger partial charge >= 0.3 is 0 Å². The van der Waals surface area contributed by atoms with Crippen LogP contribution in [-0.2, 0) is 14.2 Å². The van der Waals surface area contributed by atoms with Crippen LogP contribution in [-0.4, -0.2) is 68.8 Å². The minimum atomic E-state index is -0.309. The lowest BCUT2D eigenvalue weighted by atomic mass is 9.83. The second-order valence-corrected chi connectivity index (χ2v) is 6.53. The molecule has 0 radical (unpaired) electrons. The Hall–Kier alpha value is -0.200. The lowest BCUT2D eigenvalue weighted by Gasteiger charge is -2.48. The van der Waals surface area contributed by atoms with Gasteiger partial charge in [-0.3, -0.25) is 4.90 Å². The van der Waals surface area contributed by atoms with Crippen LogP contribution in [0.1, 0.15) is 39.0 Å². The largest absolute Gasteiger partial charge is 0.377 e. The normalized spacial score (nSPS) is 37.1. The molecule has 3 unspecified atom stereocenters. The number of hydrogen-bond donors (Lipinski definition) is 1. The van der Waals surface area contributed by atoms with Gasteiger partial charge in [0.1, 0.15) is 0 Å². The summed E-state index contributed by atoms with van der Waals surface area (Å²) < 4.78 is 17.8. The molecule has 3 atom stereocenters. The van der Waals surface area contributed by atoms with E-state index in [0.717, 1.165) is 45.6 Å². The maximum absolute atomic E-state index is 5.96. The molecule has 3 rings (SSSR count). The van der Waals surface area contributed by atoms with Gasteiger partial charge in [-0.1, -0.05) is 0 Å². The van der Waals surface area contributed by atoms with Gasteiger partial charge in [-0.05, 0) is 39.8 Å². The Kier molecular flexibility index (Phi) is 5.17. The van der Waals surface area contributed by atoms with Crippen molar-refractivity contribution in [3.8, 4) is 0 Å². The third kappa shape index (κ3) is 3.42. The Morgan fingerprint density at radius 2 is 2.10 bits per heavy atom. The van der Waals surface area contributed by atoms with E-state index < -0.39 is 0 Å². The van der Waals surface area contributed by atoms with Gasteiger partial charge in [-0.15, -0.1) is 0 Å². The molecule has 0 amide bonds. The highest BCUT2D eigenvalue weighted by Crippen LogP contribution is 2.38. The van der Waals surface area contributed by atoms with Crippen LogP contribution in [0.4, 0.5) is 0 Å². The molecular formula is C16H30N2O3. The van der Waals surface area contributed by atoms with Crippen molar-refractivity contribution < 1.29 is 14.2 Å². The molecule has 0 bridgehead atoms. The van der Waals surface area contributed by atoms with E-state index in [1.165, 1.54) is 19.4 Å². The monoisotopic (exact) mass is 298 g/mol. The fourth-order valence-corrected chi connectivity index (χ4v) is 4.25. The minimum absolute atomic E-state index is 0.309. The fraction of sp³-hybridized carbons (Fsp3) is 1.00. The number of nitrogens with one attached hydrogen (secondary N) is 1. The van der Waals surface area contributed by atoms with Crippen molar-refractivity contribution in [3.05, 3.63) is 0 Å². The Labute approximate surface area is 128 Å². The summed E-state index contributed by atoms with van der Waals surface area (Å²) in [6.45, 7) is 6.62. The molecule has 2 heterocycles. The number of rotatable bonds is 4. The molecule has 5 heteroatoms. The molecule has 1 spiro atoms. The van der Waals surface area contributed by atoms with Crippen LogP contribution in [0.25, 0.3) is 0 Å². The van der Waals surface area contributed by atoms with E-state index in [2.05, 4.69) is 24.2 Å². The summed E-state index contributed by atoms with van der Waals surface area (Å²) in [4.78, 5) is 2.61. The lowest BCUT2D eigenvalue weighted by molar-refractivity contribution is -0.195. The maximum atomic E-state index is 5.96. The Morgan fingerprint density at radius 1 is 1.29 bits per heavy atom. The van der Waals surface area contributed by atoms with Crippen molar-refractivity contribution in [2.24, 2.45) is 0 Å². The summed E-state index contributed by atoms with van der Waals surface area (Å²) in [7, 11) is 2.08. The molecule has 0 aromatic rings. The van der Waals surface area contributed by atoms with Gasteiger partial charge in [0, 0.05) is 38.1 Å². The molecule has 0 aromatic carbocycles. The molecule has 21 heavy (non-hydrogen) atoms. The van der Waals surface area contributed by atoms with Crippen LogP contribution in [0.3, 0.4) is 0 Å². The van der Waals surface area contributed by atoms with Crippen LogP contribution >= 0.6 is 0 Å². The summed E-state index contributed by atoms with van der Waals surface area (Å²) in [5.41, 5.74) is 0. The summed E-state index contributed by atoms with van der Waals surface area (Å²) in [5.74, 6) is -0.309.